The van der Waals surface area contributed by atoms with Crippen LogP contribution in [0.25, 0.3) is 21.8 Å². The van der Waals surface area contributed by atoms with Gasteiger partial charge in [0.1, 0.15) is 0 Å². The van der Waals surface area contributed by atoms with Gasteiger partial charge >= 0.3 is 6.03 Å². The Hall–Kier alpha value is -2.89. The minimum atomic E-state index is -0.0612. The molecule has 0 saturated heterocycles. The van der Waals surface area contributed by atoms with Crippen molar-refractivity contribution in [3.63, 3.8) is 0 Å². The Labute approximate surface area is 164 Å². The topological polar surface area (TPSA) is 79.0 Å². The Morgan fingerprint density at radius 2 is 1.14 bits per heavy atom. The zero-order valence-electron chi connectivity index (χ0n) is 16.4. The molecule has 0 radical (unpaired) electrons. The van der Waals surface area contributed by atoms with Crippen molar-refractivity contribution in [3.8, 4) is 0 Å². The van der Waals surface area contributed by atoms with Gasteiger partial charge in [0.15, 0.2) is 0 Å². The highest BCUT2D eigenvalue weighted by Crippen LogP contribution is 2.30. The van der Waals surface area contributed by atoms with Gasteiger partial charge in [0.05, 0.1) is 11.0 Å². The Morgan fingerprint density at radius 1 is 0.750 bits per heavy atom. The van der Waals surface area contributed by atoms with Gasteiger partial charge in [-0.1, -0.05) is 36.4 Å². The van der Waals surface area contributed by atoms with Crippen LogP contribution in [0.3, 0.4) is 0 Å². The van der Waals surface area contributed by atoms with E-state index in [1.165, 1.54) is 0 Å². The number of benzene rings is 2. The van der Waals surface area contributed by atoms with E-state index in [0.717, 1.165) is 57.2 Å². The van der Waals surface area contributed by atoms with Gasteiger partial charge in [-0.2, -0.15) is 0 Å². The summed E-state index contributed by atoms with van der Waals surface area (Å²) in [6, 6.07) is 16.0. The number of nitrogens with two attached hydrogens (primary N) is 2. The lowest BCUT2D eigenvalue weighted by Crippen LogP contribution is -2.22. The van der Waals surface area contributed by atoms with Crippen LogP contribution in [0.2, 0.25) is 0 Å². The molecule has 2 heterocycles. The van der Waals surface area contributed by atoms with E-state index in [1.807, 2.05) is 59.4 Å². The number of carbonyl (C=O) groups is 1. The van der Waals surface area contributed by atoms with E-state index in [0.29, 0.717) is 13.1 Å². The molecule has 0 fully saturated rings. The third kappa shape index (κ3) is 2.66. The molecule has 5 nitrogen and oxygen atoms in total. The van der Waals surface area contributed by atoms with E-state index in [1.54, 1.807) is 0 Å². The maximum Gasteiger partial charge on any atom is 0.337 e. The number of nitrogens with zero attached hydrogens (tertiary/aromatic N) is 2. The number of aromatic nitrogens is 2. The molecule has 0 spiro atoms. The molecular formula is C23H26N4O. The van der Waals surface area contributed by atoms with Gasteiger partial charge in [0.2, 0.25) is 0 Å². The van der Waals surface area contributed by atoms with Crippen molar-refractivity contribution in [2.45, 2.75) is 26.7 Å². The second-order valence-electron chi connectivity index (χ2n) is 7.19. The van der Waals surface area contributed by atoms with E-state index in [4.69, 9.17) is 11.5 Å². The first-order valence-electron chi connectivity index (χ1n) is 9.72. The fraction of sp³-hybridized carbons (Fsp3) is 0.261. The lowest BCUT2D eigenvalue weighted by atomic mass is 10.1. The summed E-state index contributed by atoms with van der Waals surface area (Å²) in [6.07, 6.45) is 1.49. The van der Waals surface area contributed by atoms with Gasteiger partial charge in [-0.15, -0.1) is 0 Å². The van der Waals surface area contributed by atoms with Crippen LogP contribution in [-0.2, 0) is 12.8 Å². The van der Waals surface area contributed by atoms with Gasteiger partial charge in [0.25, 0.3) is 0 Å². The fourth-order valence-electron chi connectivity index (χ4n) is 4.38. The quantitative estimate of drug-likeness (QED) is 0.571. The van der Waals surface area contributed by atoms with E-state index < -0.39 is 0 Å². The third-order valence-corrected chi connectivity index (χ3v) is 5.66. The molecule has 2 aromatic heterocycles. The minimum absolute atomic E-state index is 0.0612. The van der Waals surface area contributed by atoms with Gasteiger partial charge < -0.3 is 11.5 Å². The molecule has 144 valence electrons. The highest BCUT2D eigenvalue weighted by Gasteiger charge is 2.23. The van der Waals surface area contributed by atoms with Crippen molar-refractivity contribution < 1.29 is 4.79 Å². The van der Waals surface area contributed by atoms with Crippen LogP contribution in [0.5, 0.6) is 0 Å². The molecule has 0 aliphatic rings. The van der Waals surface area contributed by atoms with Gasteiger partial charge in [-0.05, 0) is 63.0 Å². The second-order valence-corrected chi connectivity index (χ2v) is 7.19. The number of hydrogen-bond acceptors (Lipinski definition) is 3. The lowest BCUT2D eigenvalue weighted by Gasteiger charge is -2.12. The SMILES string of the molecule is Cc1c(CCN)c2ccccc2n1C(=O)n1c(C)c(CCN)c2ccccc21. The number of hydrogen-bond donors (Lipinski definition) is 2. The molecule has 2 aromatic carbocycles. The largest absolute Gasteiger partial charge is 0.337 e. The van der Waals surface area contributed by atoms with E-state index >= 15 is 0 Å². The summed E-state index contributed by atoms with van der Waals surface area (Å²) in [7, 11) is 0. The van der Waals surface area contributed by atoms with Crippen LogP contribution < -0.4 is 11.5 Å². The fourth-order valence-corrected chi connectivity index (χ4v) is 4.38. The molecule has 0 saturated carbocycles. The van der Waals surface area contributed by atoms with Crippen molar-refractivity contribution in [2.75, 3.05) is 13.1 Å². The van der Waals surface area contributed by atoms with Crippen molar-refractivity contribution in [1.82, 2.24) is 9.13 Å². The number of para-hydroxylation sites is 2. The van der Waals surface area contributed by atoms with Crippen LogP contribution in [0.1, 0.15) is 22.5 Å². The summed E-state index contributed by atoms with van der Waals surface area (Å²) in [4.78, 5) is 13.8. The maximum atomic E-state index is 13.8. The summed E-state index contributed by atoms with van der Waals surface area (Å²) in [5.41, 5.74) is 17.7. The van der Waals surface area contributed by atoms with E-state index in [-0.39, 0.29) is 6.03 Å². The van der Waals surface area contributed by atoms with Crippen LogP contribution in [-0.4, -0.2) is 28.3 Å². The smallest absolute Gasteiger partial charge is 0.330 e. The molecule has 4 aromatic rings. The van der Waals surface area contributed by atoms with Gasteiger partial charge in [0, 0.05) is 22.2 Å². The molecule has 28 heavy (non-hydrogen) atoms. The average molecular weight is 374 g/mol. The molecule has 0 aliphatic carbocycles. The van der Waals surface area contributed by atoms with Crippen LogP contribution >= 0.6 is 0 Å². The van der Waals surface area contributed by atoms with Crippen molar-refractivity contribution in [3.05, 3.63) is 71.0 Å². The Morgan fingerprint density at radius 3 is 1.54 bits per heavy atom. The third-order valence-electron chi connectivity index (χ3n) is 5.66. The summed E-state index contributed by atoms with van der Waals surface area (Å²) in [5.74, 6) is 0. The Kier molecular flexibility index (Phi) is 4.79. The van der Waals surface area contributed by atoms with Crippen LogP contribution in [0.4, 0.5) is 4.79 Å². The zero-order valence-corrected chi connectivity index (χ0v) is 16.4. The Bertz CT molecular complexity index is 1090. The Balaban J connectivity index is 2.00. The van der Waals surface area contributed by atoms with Crippen LogP contribution in [0, 0.1) is 13.8 Å². The minimum Gasteiger partial charge on any atom is -0.330 e. The zero-order chi connectivity index (χ0) is 19.8. The molecule has 5 heteroatoms. The number of carbonyl (C=O) groups excluding carboxylic acids is 1. The van der Waals surface area contributed by atoms with E-state index in [9.17, 15) is 4.79 Å². The number of rotatable bonds is 4. The van der Waals surface area contributed by atoms with Gasteiger partial charge in [-0.25, -0.2) is 4.79 Å². The predicted molar refractivity (Wildman–Crippen MR) is 115 cm³/mol. The molecule has 4 N–H and O–H groups in total. The van der Waals surface area contributed by atoms with Crippen molar-refractivity contribution in [1.29, 1.82) is 0 Å². The standard InChI is InChI=1S/C23H26N4O/c1-15-17(11-13-24)19-7-3-5-9-21(19)26(15)23(28)27-16(2)18(12-14-25)20-8-4-6-10-22(20)27/h3-10H,11-14,24-25H2,1-2H3. The normalized spacial score (nSPS) is 11.6. The van der Waals surface area contributed by atoms with Crippen LogP contribution in [0.15, 0.2) is 48.5 Å². The monoisotopic (exact) mass is 374 g/mol. The first kappa shape index (κ1) is 18.5. The number of fused-ring (bicyclic) bond motifs is 2. The van der Waals surface area contributed by atoms with E-state index in [2.05, 4.69) is 12.1 Å². The highest BCUT2D eigenvalue weighted by molar-refractivity contribution is 6.01. The molecular weight excluding hydrogens is 348 g/mol. The summed E-state index contributed by atoms with van der Waals surface area (Å²) in [5, 5.41) is 2.19. The van der Waals surface area contributed by atoms with Gasteiger partial charge in [-0.3, -0.25) is 9.13 Å². The maximum absolute atomic E-state index is 13.8. The molecule has 4 rings (SSSR count). The molecule has 0 aliphatic heterocycles. The summed E-state index contributed by atoms with van der Waals surface area (Å²) >= 11 is 0. The lowest BCUT2D eigenvalue weighted by molar-refractivity contribution is 0.244. The molecule has 0 atom stereocenters. The van der Waals surface area contributed by atoms with Crippen molar-refractivity contribution >= 4 is 27.8 Å². The van der Waals surface area contributed by atoms with Crippen molar-refractivity contribution in [2.24, 2.45) is 11.5 Å². The molecule has 0 amide bonds. The first-order chi connectivity index (χ1) is 13.6. The summed E-state index contributed by atoms with van der Waals surface area (Å²) in [6.45, 7) is 5.11. The predicted octanol–water partition coefficient (Wildman–Crippen LogP) is 3.73. The second kappa shape index (κ2) is 7.26. The first-order valence-corrected chi connectivity index (χ1v) is 9.72. The average Bonchev–Trinajstić information content (AvgIpc) is 3.14. The summed E-state index contributed by atoms with van der Waals surface area (Å²) < 4.78 is 3.65. The molecule has 0 bridgehead atoms. The highest BCUT2D eigenvalue weighted by atomic mass is 16.2. The molecule has 0 unspecified atom stereocenters.